The second kappa shape index (κ2) is 6.87. The highest BCUT2D eigenvalue weighted by atomic mass is 16.4. The molecule has 98 valence electrons. The van der Waals surface area contributed by atoms with E-state index < -0.39 is 17.9 Å². The lowest BCUT2D eigenvalue weighted by Gasteiger charge is -2.09. The number of carbonyl (C=O) groups excluding carboxylic acids is 1. The summed E-state index contributed by atoms with van der Waals surface area (Å²) in [4.78, 5) is 22.3. The van der Waals surface area contributed by atoms with Gasteiger partial charge in [0.2, 0.25) is 5.91 Å². The van der Waals surface area contributed by atoms with Gasteiger partial charge in [0.1, 0.15) is 6.04 Å². The zero-order valence-electron chi connectivity index (χ0n) is 10.2. The van der Waals surface area contributed by atoms with Crippen LogP contribution in [0.2, 0.25) is 0 Å². The first-order valence-corrected chi connectivity index (χ1v) is 5.53. The molecule has 5 nitrogen and oxygen atoms in total. The minimum absolute atomic E-state index is 0.0623. The number of rotatable bonds is 5. The van der Waals surface area contributed by atoms with E-state index in [9.17, 15) is 9.59 Å². The van der Waals surface area contributed by atoms with E-state index in [0.29, 0.717) is 5.69 Å². The summed E-state index contributed by atoms with van der Waals surface area (Å²) in [6, 6.07) is 5.87. The molecule has 0 radical (unpaired) electrons. The summed E-state index contributed by atoms with van der Waals surface area (Å²) in [5.74, 6) is 0.513. The molecule has 0 fully saturated rings. The molecule has 0 aromatic heterocycles. The van der Waals surface area contributed by atoms with Gasteiger partial charge in [0.15, 0.2) is 0 Å². The summed E-state index contributed by atoms with van der Waals surface area (Å²) in [6.07, 6.45) is 7.75. The van der Waals surface area contributed by atoms with Gasteiger partial charge in [-0.05, 0) is 23.8 Å². The molecule has 5 heteroatoms. The van der Waals surface area contributed by atoms with Crippen LogP contribution in [-0.2, 0) is 9.59 Å². The summed E-state index contributed by atoms with van der Waals surface area (Å²) >= 11 is 0. The molecule has 4 N–H and O–H groups in total. The van der Waals surface area contributed by atoms with Crippen molar-refractivity contribution in [3.63, 3.8) is 0 Å². The molecule has 0 aliphatic carbocycles. The zero-order chi connectivity index (χ0) is 14.3. The van der Waals surface area contributed by atoms with Crippen molar-refractivity contribution < 1.29 is 14.7 Å². The maximum absolute atomic E-state index is 11.5. The number of nitrogens with one attached hydrogen (secondary N) is 1. The molecule has 0 aliphatic heterocycles. The quantitative estimate of drug-likeness (QED) is 0.415. The second-order valence-electron chi connectivity index (χ2n) is 3.81. The van der Waals surface area contributed by atoms with Crippen LogP contribution in [0.4, 0.5) is 5.69 Å². The molecule has 1 aromatic rings. The fraction of sp³-hybridized carbons (Fsp3) is 0.143. The standard InChI is InChI=1S/C14H14N2O3/c1-2-4-12(14(18)19)16-13(17)8-7-10-5-3-6-11(15)9-10/h1,3,5-9,12H,4,15H2,(H,16,17)(H,18,19)/b8-7+. The highest BCUT2D eigenvalue weighted by Crippen LogP contribution is 2.07. The molecule has 1 rings (SSSR count). The SMILES string of the molecule is C#CCC(NC(=O)/C=C/c1cccc(N)c1)C(=O)O. The minimum atomic E-state index is -1.16. The number of nitrogen functional groups attached to an aromatic ring is 1. The molecular weight excluding hydrogens is 244 g/mol. The van der Waals surface area contributed by atoms with E-state index >= 15 is 0 Å². The smallest absolute Gasteiger partial charge is 0.327 e. The first kappa shape index (κ1) is 14.3. The monoisotopic (exact) mass is 258 g/mol. The van der Waals surface area contributed by atoms with Crippen molar-refractivity contribution in [2.45, 2.75) is 12.5 Å². The van der Waals surface area contributed by atoms with Crippen LogP contribution in [0.1, 0.15) is 12.0 Å². The number of anilines is 1. The van der Waals surface area contributed by atoms with Crippen molar-refractivity contribution in [1.29, 1.82) is 0 Å². The average Bonchev–Trinajstić information content (AvgIpc) is 2.36. The third-order valence-electron chi connectivity index (χ3n) is 2.27. The number of carboxylic acid groups (broad SMARTS) is 1. The number of amides is 1. The minimum Gasteiger partial charge on any atom is -0.480 e. The van der Waals surface area contributed by atoms with Crippen LogP contribution in [-0.4, -0.2) is 23.0 Å². The van der Waals surface area contributed by atoms with Crippen molar-refractivity contribution in [3.8, 4) is 12.3 Å². The third kappa shape index (κ3) is 4.96. The predicted octanol–water partition coefficient (Wildman–Crippen LogP) is 0.875. The molecular formula is C14H14N2O3. The first-order chi connectivity index (χ1) is 9.02. The lowest BCUT2D eigenvalue weighted by molar-refractivity contribution is -0.141. The molecule has 19 heavy (non-hydrogen) atoms. The zero-order valence-corrected chi connectivity index (χ0v) is 10.2. The molecule has 1 atom stereocenters. The van der Waals surface area contributed by atoms with Crippen LogP contribution in [0.15, 0.2) is 30.3 Å². The fourth-order valence-electron chi connectivity index (χ4n) is 1.37. The van der Waals surface area contributed by atoms with Gasteiger partial charge in [-0.1, -0.05) is 12.1 Å². The van der Waals surface area contributed by atoms with Crippen LogP contribution >= 0.6 is 0 Å². The maximum atomic E-state index is 11.5. The maximum Gasteiger partial charge on any atom is 0.327 e. The highest BCUT2D eigenvalue weighted by Gasteiger charge is 2.17. The van der Waals surface area contributed by atoms with Crippen LogP contribution < -0.4 is 11.1 Å². The van der Waals surface area contributed by atoms with E-state index in [1.165, 1.54) is 6.08 Å². The Hall–Kier alpha value is -2.74. The third-order valence-corrected chi connectivity index (χ3v) is 2.27. The van der Waals surface area contributed by atoms with Gasteiger partial charge in [0.25, 0.3) is 0 Å². The molecule has 1 amide bonds. The number of aliphatic carboxylic acids is 1. The second-order valence-corrected chi connectivity index (χ2v) is 3.81. The summed E-state index contributed by atoms with van der Waals surface area (Å²) in [6.45, 7) is 0. The van der Waals surface area contributed by atoms with Crippen LogP contribution in [0, 0.1) is 12.3 Å². The lowest BCUT2D eigenvalue weighted by atomic mass is 10.2. The van der Waals surface area contributed by atoms with Crippen molar-refractivity contribution >= 4 is 23.6 Å². The van der Waals surface area contributed by atoms with Crippen LogP contribution in [0.25, 0.3) is 6.08 Å². The van der Waals surface area contributed by atoms with Crippen LogP contribution in [0.5, 0.6) is 0 Å². The van der Waals surface area contributed by atoms with Crippen molar-refractivity contribution in [3.05, 3.63) is 35.9 Å². The van der Waals surface area contributed by atoms with E-state index in [4.69, 9.17) is 17.3 Å². The Bertz CT molecular complexity index is 544. The first-order valence-electron chi connectivity index (χ1n) is 5.53. The number of hydrogen-bond acceptors (Lipinski definition) is 3. The van der Waals surface area contributed by atoms with Gasteiger partial charge in [-0.3, -0.25) is 4.79 Å². The number of terminal acetylenes is 1. The van der Waals surface area contributed by atoms with Gasteiger partial charge in [-0.25, -0.2) is 4.79 Å². The van der Waals surface area contributed by atoms with Gasteiger partial charge in [-0.15, -0.1) is 12.3 Å². The summed E-state index contributed by atoms with van der Waals surface area (Å²) in [5.41, 5.74) is 6.92. The number of carbonyl (C=O) groups is 2. The summed E-state index contributed by atoms with van der Waals surface area (Å²) in [5, 5.41) is 11.1. The highest BCUT2D eigenvalue weighted by molar-refractivity contribution is 5.94. The molecule has 0 aliphatic rings. The number of nitrogens with two attached hydrogens (primary N) is 1. The van der Waals surface area contributed by atoms with Gasteiger partial charge in [0.05, 0.1) is 0 Å². The average molecular weight is 258 g/mol. The van der Waals surface area contributed by atoms with E-state index in [2.05, 4.69) is 11.2 Å². The van der Waals surface area contributed by atoms with Gasteiger partial charge < -0.3 is 16.2 Å². The van der Waals surface area contributed by atoms with E-state index in [-0.39, 0.29) is 6.42 Å². The van der Waals surface area contributed by atoms with Gasteiger partial charge in [-0.2, -0.15) is 0 Å². The molecule has 0 saturated heterocycles. The Balaban J connectivity index is 2.64. The Kier molecular flexibility index (Phi) is 5.17. The lowest BCUT2D eigenvalue weighted by Crippen LogP contribution is -2.39. The predicted molar refractivity (Wildman–Crippen MR) is 72.9 cm³/mol. The van der Waals surface area contributed by atoms with Crippen LogP contribution in [0.3, 0.4) is 0 Å². The number of benzene rings is 1. The molecule has 0 saturated carbocycles. The number of hydrogen-bond donors (Lipinski definition) is 3. The van der Waals surface area contributed by atoms with E-state index in [1.807, 2.05) is 0 Å². The normalized spacial score (nSPS) is 11.7. The Labute approximate surface area is 111 Å². The largest absolute Gasteiger partial charge is 0.480 e. The molecule has 1 unspecified atom stereocenters. The number of carboxylic acids is 1. The molecule has 0 heterocycles. The summed E-state index contributed by atoms with van der Waals surface area (Å²) in [7, 11) is 0. The molecule has 1 aromatic carbocycles. The Morgan fingerprint density at radius 2 is 2.26 bits per heavy atom. The molecule has 0 bridgehead atoms. The van der Waals surface area contributed by atoms with E-state index in [1.54, 1.807) is 30.3 Å². The van der Waals surface area contributed by atoms with Gasteiger partial charge >= 0.3 is 5.97 Å². The topological polar surface area (TPSA) is 92.4 Å². The van der Waals surface area contributed by atoms with E-state index in [0.717, 1.165) is 5.56 Å². The summed E-state index contributed by atoms with van der Waals surface area (Å²) < 4.78 is 0. The van der Waals surface area contributed by atoms with Crippen molar-refractivity contribution in [2.24, 2.45) is 0 Å². The van der Waals surface area contributed by atoms with Gasteiger partial charge in [0, 0.05) is 18.2 Å². The Morgan fingerprint density at radius 3 is 2.84 bits per heavy atom. The Morgan fingerprint density at radius 1 is 1.53 bits per heavy atom. The molecule has 0 spiro atoms. The van der Waals surface area contributed by atoms with Crippen molar-refractivity contribution in [2.75, 3.05) is 5.73 Å². The fourth-order valence-corrected chi connectivity index (χ4v) is 1.37. The van der Waals surface area contributed by atoms with Crippen molar-refractivity contribution in [1.82, 2.24) is 5.32 Å².